The van der Waals surface area contributed by atoms with Gasteiger partial charge in [0.2, 0.25) is 10.8 Å². The number of nitrogens with zero attached hydrogens (tertiary/aromatic N) is 1. The van der Waals surface area contributed by atoms with Crippen LogP contribution in [0.15, 0.2) is 11.2 Å². The molecule has 18 heavy (non-hydrogen) atoms. The van der Waals surface area contributed by atoms with E-state index in [-0.39, 0.29) is 3.57 Å². The maximum absolute atomic E-state index is 12.2. The van der Waals surface area contributed by atoms with E-state index in [0.29, 0.717) is 0 Å². The zero-order valence-corrected chi connectivity index (χ0v) is 11.6. The van der Waals surface area contributed by atoms with E-state index in [1.165, 1.54) is 22.6 Å². The molecule has 0 spiro atoms. The van der Waals surface area contributed by atoms with Crippen molar-refractivity contribution in [3.05, 3.63) is 9.77 Å². The van der Waals surface area contributed by atoms with Crippen LogP contribution in [-0.2, 0) is 10.0 Å². The minimum Gasteiger partial charge on any atom is -0.490 e. The third-order valence-corrected chi connectivity index (χ3v) is 3.20. The van der Waals surface area contributed by atoms with Gasteiger partial charge in [0.1, 0.15) is 0 Å². The van der Waals surface area contributed by atoms with Crippen LogP contribution in [0.5, 0.6) is 11.5 Å². The summed E-state index contributed by atoms with van der Waals surface area (Å²) in [4.78, 5) is 3.42. The van der Waals surface area contributed by atoms with Crippen molar-refractivity contribution in [2.75, 3.05) is 7.11 Å². The number of nitrogens with two attached hydrogens (primary N) is 1. The van der Waals surface area contributed by atoms with Crippen LogP contribution < -0.4 is 14.6 Å². The molecule has 1 rings (SSSR count). The number of sulfonamides is 1. The van der Waals surface area contributed by atoms with E-state index in [0.717, 1.165) is 13.3 Å². The zero-order chi connectivity index (χ0) is 14.1. The van der Waals surface area contributed by atoms with E-state index < -0.39 is 32.9 Å². The predicted molar refractivity (Wildman–Crippen MR) is 61.6 cm³/mol. The van der Waals surface area contributed by atoms with Crippen LogP contribution >= 0.6 is 22.6 Å². The number of rotatable bonds is 3. The molecule has 0 aliphatic rings. The molecule has 0 aromatic carbocycles. The lowest BCUT2D eigenvalue weighted by molar-refractivity contribution is -0.275. The fraction of sp³-hybridized carbons (Fsp3) is 0.286. The summed E-state index contributed by atoms with van der Waals surface area (Å²) < 4.78 is 67.0. The molecule has 0 fully saturated rings. The smallest absolute Gasteiger partial charge is 0.490 e. The molecule has 1 aromatic rings. The number of pyridine rings is 1. The molecule has 0 unspecified atom stereocenters. The first-order chi connectivity index (χ1) is 8.06. The SMILES string of the molecule is COc1c(S(N)(=O)=O)ncc(I)c1OC(F)(F)F. The van der Waals surface area contributed by atoms with Gasteiger partial charge in [0, 0.05) is 6.20 Å². The van der Waals surface area contributed by atoms with Crippen LogP contribution in [0.2, 0.25) is 0 Å². The van der Waals surface area contributed by atoms with Crippen molar-refractivity contribution in [2.45, 2.75) is 11.4 Å². The van der Waals surface area contributed by atoms with Crippen LogP contribution in [0, 0.1) is 3.57 Å². The average Bonchev–Trinajstić information content (AvgIpc) is 2.17. The third kappa shape index (κ3) is 3.58. The lowest BCUT2D eigenvalue weighted by Gasteiger charge is -2.15. The van der Waals surface area contributed by atoms with Crippen molar-refractivity contribution in [1.29, 1.82) is 0 Å². The minimum absolute atomic E-state index is 0.0748. The molecular formula is C7H6F3IN2O4S. The maximum Gasteiger partial charge on any atom is 0.573 e. The third-order valence-electron chi connectivity index (χ3n) is 1.60. The summed E-state index contributed by atoms with van der Waals surface area (Å²) >= 11 is 1.49. The molecule has 11 heteroatoms. The first-order valence-electron chi connectivity index (χ1n) is 4.07. The van der Waals surface area contributed by atoms with Crippen molar-refractivity contribution in [3.8, 4) is 11.5 Å². The molecule has 0 amide bonds. The lowest BCUT2D eigenvalue weighted by Crippen LogP contribution is -2.21. The number of aromatic nitrogens is 1. The van der Waals surface area contributed by atoms with Crippen LogP contribution in [-0.4, -0.2) is 26.9 Å². The second-order valence-electron chi connectivity index (χ2n) is 2.87. The van der Waals surface area contributed by atoms with Crippen molar-refractivity contribution >= 4 is 32.6 Å². The minimum atomic E-state index is -5.00. The summed E-state index contributed by atoms with van der Waals surface area (Å²) in [5.74, 6) is -1.49. The van der Waals surface area contributed by atoms with Gasteiger partial charge in [0.25, 0.3) is 10.0 Å². The van der Waals surface area contributed by atoms with Crippen molar-refractivity contribution < 1.29 is 31.1 Å². The molecule has 0 bridgehead atoms. The Hall–Kier alpha value is -0.820. The molecule has 0 saturated heterocycles. The predicted octanol–water partition coefficient (Wildman–Crippen LogP) is 1.24. The zero-order valence-electron chi connectivity index (χ0n) is 8.66. The largest absolute Gasteiger partial charge is 0.573 e. The van der Waals surface area contributed by atoms with Gasteiger partial charge in [0.15, 0.2) is 5.75 Å². The Morgan fingerprint density at radius 1 is 1.39 bits per heavy atom. The first-order valence-corrected chi connectivity index (χ1v) is 6.70. The van der Waals surface area contributed by atoms with Crippen LogP contribution in [0.25, 0.3) is 0 Å². The summed E-state index contributed by atoms with van der Waals surface area (Å²) in [6.45, 7) is 0. The molecule has 1 heterocycles. The molecule has 0 aliphatic carbocycles. The molecule has 102 valence electrons. The van der Waals surface area contributed by atoms with E-state index in [9.17, 15) is 21.6 Å². The molecule has 0 saturated carbocycles. The Morgan fingerprint density at radius 2 is 1.94 bits per heavy atom. The number of ether oxygens (including phenoxy) is 2. The van der Waals surface area contributed by atoms with Crippen LogP contribution in [0.1, 0.15) is 0 Å². The first kappa shape index (κ1) is 15.2. The van der Waals surface area contributed by atoms with Gasteiger partial charge in [-0.3, -0.25) is 0 Å². The Kier molecular flexibility index (Phi) is 4.27. The monoisotopic (exact) mass is 398 g/mol. The van der Waals surface area contributed by atoms with Gasteiger partial charge in [-0.2, -0.15) is 0 Å². The van der Waals surface area contributed by atoms with Gasteiger partial charge in [0.05, 0.1) is 10.7 Å². The highest BCUT2D eigenvalue weighted by molar-refractivity contribution is 14.1. The fourth-order valence-electron chi connectivity index (χ4n) is 1.03. The number of halogens is 4. The van der Waals surface area contributed by atoms with Crippen molar-refractivity contribution in [2.24, 2.45) is 5.14 Å². The topological polar surface area (TPSA) is 91.5 Å². The Labute approximate surface area is 113 Å². The highest BCUT2D eigenvalue weighted by Gasteiger charge is 2.35. The lowest BCUT2D eigenvalue weighted by atomic mass is 10.4. The van der Waals surface area contributed by atoms with E-state index in [1.54, 1.807) is 0 Å². The summed E-state index contributed by atoms with van der Waals surface area (Å²) in [6.07, 6.45) is -4.12. The highest BCUT2D eigenvalue weighted by atomic mass is 127. The number of hydrogen-bond donors (Lipinski definition) is 1. The van der Waals surface area contributed by atoms with Gasteiger partial charge in [-0.25, -0.2) is 18.5 Å². The molecular weight excluding hydrogens is 392 g/mol. The number of alkyl halides is 3. The number of hydrogen-bond acceptors (Lipinski definition) is 5. The Morgan fingerprint density at radius 3 is 2.33 bits per heavy atom. The van der Waals surface area contributed by atoms with Crippen LogP contribution in [0.4, 0.5) is 13.2 Å². The van der Waals surface area contributed by atoms with E-state index >= 15 is 0 Å². The van der Waals surface area contributed by atoms with E-state index in [4.69, 9.17) is 5.14 Å². The fourth-order valence-corrected chi connectivity index (χ4v) is 2.16. The molecule has 0 atom stereocenters. The maximum atomic E-state index is 12.2. The Balaban J connectivity index is 3.50. The quantitative estimate of drug-likeness (QED) is 0.774. The molecule has 0 aliphatic heterocycles. The molecule has 2 N–H and O–H groups in total. The molecule has 0 radical (unpaired) electrons. The van der Waals surface area contributed by atoms with Gasteiger partial charge in [-0.15, -0.1) is 13.2 Å². The summed E-state index contributed by atoms with van der Waals surface area (Å²) in [5.41, 5.74) is 0. The number of methoxy groups -OCH3 is 1. The van der Waals surface area contributed by atoms with E-state index in [2.05, 4.69) is 14.5 Å². The van der Waals surface area contributed by atoms with Gasteiger partial charge < -0.3 is 9.47 Å². The van der Waals surface area contributed by atoms with Gasteiger partial charge in [-0.1, -0.05) is 0 Å². The summed E-state index contributed by atoms with van der Waals surface area (Å²) in [5, 5.41) is 3.98. The van der Waals surface area contributed by atoms with E-state index in [1.807, 2.05) is 0 Å². The van der Waals surface area contributed by atoms with Crippen LogP contribution in [0.3, 0.4) is 0 Å². The van der Waals surface area contributed by atoms with Crippen molar-refractivity contribution in [1.82, 2.24) is 4.98 Å². The Bertz CT molecular complexity index is 561. The second kappa shape index (κ2) is 5.05. The summed E-state index contributed by atoms with van der Waals surface area (Å²) in [6, 6.07) is 0. The average molecular weight is 398 g/mol. The normalized spacial score (nSPS) is 12.3. The second-order valence-corrected chi connectivity index (χ2v) is 5.51. The molecule has 1 aromatic heterocycles. The summed E-state index contributed by atoms with van der Waals surface area (Å²) in [7, 11) is -3.35. The van der Waals surface area contributed by atoms with Gasteiger partial charge in [-0.05, 0) is 22.6 Å². The standard InChI is InChI=1S/C7H6F3IN2O4S/c1-16-5-4(17-7(8,9)10)3(11)2-13-6(5)18(12,14)15/h2H,1H3,(H2,12,14,15). The van der Waals surface area contributed by atoms with Gasteiger partial charge >= 0.3 is 6.36 Å². The highest BCUT2D eigenvalue weighted by Crippen LogP contribution is 2.39. The molecule has 6 nitrogen and oxygen atoms in total. The van der Waals surface area contributed by atoms with Crippen molar-refractivity contribution in [3.63, 3.8) is 0 Å². The number of primary sulfonamides is 1.